The molecule has 0 aliphatic rings. The summed E-state index contributed by atoms with van der Waals surface area (Å²) in [5.41, 5.74) is 8.65. The van der Waals surface area contributed by atoms with Crippen LogP contribution < -0.4 is 4.90 Å². The number of aromatic nitrogens is 1. The molecule has 43 heavy (non-hydrogen) atoms. The van der Waals surface area contributed by atoms with Crippen molar-refractivity contribution >= 4 is 71.6 Å². The molecule has 9 aromatic rings. The van der Waals surface area contributed by atoms with E-state index in [1.807, 2.05) is 6.07 Å². The second kappa shape index (κ2) is 9.37. The van der Waals surface area contributed by atoms with E-state index >= 15 is 0 Å². The summed E-state index contributed by atoms with van der Waals surface area (Å²) in [6.07, 6.45) is 0. The van der Waals surface area contributed by atoms with Crippen LogP contribution in [0.15, 0.2) is 162 Å². The third-order valence-electron chi connectivity index (χ3n) is 8.55. The molecule has 3 heteroatoms. The highest BCUT2D eigenvalue weighted by atomic mass is 16.3. The summed E-state index contributed by atoms with van der Waals surface area (Å²) in [5.74, 6) is 0. The van der Waals surface area contributed by atoms with Gasteiger partial charge in [-0.05, 0) is 54.6 Å². The van der Waals surface area contributed by atoms with Crippen molar-refractivity contribution in [2.24, 2.45) is 0 Å². The van der Waals surface area contributed by atoms with Crippen molar-refractivity contribution < 1.29 is 4.42 Å². The number of benzene rings is 7. The summed E-state index contributed by atoms with van der Waals surface area (Å²) in [4.78, 5) is 2.38. The first-order valence-electron chi connectivity index (χ1n) is 14.6. The summed E-state index contributed by atoms with van der Waals surface area (Å²) in [7, 11) is 0. The Hall–Kier alpha value is -5.80. The normalized spacial score (nSPS) is 11.7. The molecule has 0 amide bonds. The first-order chi connectivity index (χ1) is 21.3. The van der Waals surface area contributed by atoms with Crippen LogP contribution in [0.25, 0.3) is 60.2 Å². The van der Waals surface area contributed by atoms with E-state index < -0.39 is 0 Å². The summed E-state index contributed by atoms with van der Waals surface area (Å²) < 4.78 is 8.82. The Bertz CT molecular complexity index is 2450. The van der Waals surface area contributed by atoms with Crippen LogP contribution in [0.2, 0.25) is 0 Å². The molecule has 0 bridgehead atoms. The zero-order valence-electron chi connectivity index (χ0n) is 23.3. The molecule has 2 aromatic heterocycles. The zero-order chi connectivity index (χ0) is 28.3. The van der Waals surface area contributed by atoms with Crippen molar-refractivity contribution in [3.05, 3.63) is 158 Å². The van der Waals surface area contributed by atoms with Crippen LogP contribution in [-0.2, 0) is 0 Å². The Labute approximate surface area is 248 Å². The van der Waals surface area contributed by atoms with E-state index in [1.165, 1.54) is 21.8 Å². The number of hydrogen-bond donors (Lipinski definition) is 0. The molecule has 3 nitrogen and oxygen atoms in total. The molecule has 0 N–H and O–H groups in total. The molecule has 0 atom stereocenters. The van der Waals surface area contributed by atoms with Crippen molar-refractivity contribution in [1.29, 1.82) is 0 Å². The Kier molecular flexibility index (Phi) is 5.20. The lowest BCUT2D eigenvalue weighted by Gasteiger charge is -2.27. The number of fused-ring (bicyclic) bond motifs is 8. The molecule has 0 unspecified atom stereocenters. The van der Waals surface area contributed by atoms with Crippen LogP contribution in [0.4, 0.5) is 17.1 Å². The number of rotatable bonds is 4. The largest absolute Gasteiger partial charge is 0.455 e. The number of hydrogen-bond acceptors (Lipinski definition) is 2. The molecule has 0 saturated heterocycles. The second-order valence-corrected chi connectivity index (χ2v) is 11.0. The standard InChI is InChI=1S/C40H26N2O/c1-3-13-27(14-4-1)41(38-26-35-33-19-10-12-22-39(33)43-40(35)34-20-8-7-18-31(34)38)29-23-24-32-30-17-9-11-21-36(30)42(37(32)25-29)28-15-5-2-6-16-28/h1-26H. The number of furan rings is 1. The van der Waals surface area contributed by atoms with Gasteiger partial charge in [0.2, 0.25) is 0 Å². The van der Waals surface area contributed by atoms with Gasteiger partial charge in [0.05, 0.1) is 16.7 Å². The fourth-order valence-corrected chi connectivity index (χ4v) is 6.67. The average molecular weight is 551 g/mol. The van der Waals surface area contributed by atoms with Crippen molar-refractivity contribution in [1.82, 2.24) is 4.57 Å². The highest BCUT2D eigenvalue weighted by Crippen LogP contribution is 2.45. The average Bonchev–Trinajstić information content (AvgIpc) is 3.61. The van der Waals surface area contributed by atoms with Gasteiger partial charge in [-0.25, -0.2) is 0 Å². The Morgan fingerprint density at radius 2 is 1.05 bits per heavy atom. The fraction of sp³-hybridized carbons (Fsp3) is 0. The SMILES string of the molecule is c1ccc(N(c2ccc3c4ccccc4n(-c4ccccc4)c3c2)c2cc3c4ccccc4oc3c3ccccc23)cc1. The quantitative estimate of drug-likeness (QED) is 0.217. The van der Waals surface area contributed by atoms with Gasteiger partial charge in [-0.1, -0.05) is 103 Å². The van der Waals surface area contributed by atoms with Crippen molar-refractivity contribution in [2.45, 2.75) is 0 Å². The molecule has 2 heterocycles. The molecule has 0 aliphatic heterocycles. The molecule has 7 aromatic carbocycles. The van der Waals surface area contributed by atoms with Crippen molar-refractivity contribution in [2.75, 3.05) is 4.90 Å². The maximum Gasteiger partial charge on any atom is 0.143 e. The lowest BCUT2D eigenvalue weighted by Crippen LogP contribution is -2.10. The van der Waals surface area contributed by atoms with E-state index in [2.05, 4.69) is 161 Å². The predicted octanol–water partition coefficient (Wildman–Crippen LogP) is 11.3. The lowest BCUT2D eigenvalue weighted by molar-refractivity contribution is 0.672. The maximum absolute atomic E-state index is 6.45. The van der Waals surface area contributed by atoms with E-state index in [9.17, 15) is 0 Å². The predicted molar refractivity (Wildman–Crippen MR) is 180 cm³/mol. The van der Waals surface area contributed by atoms with Gasteiger partial charge in [0, 0.05) is 49.4 Å². The number of anilines is 3. The fourth-order valence-electron chi connectivity index (χ4n) is 6.67. The molecule has 0 radical (unpaired) electrons. The van der Waals surface area contributed by atoms with E-state index in [-0.39, 0.29) is 0 Å². The van der Waals surface area contributed by atoms with E-state index in [0.29, 0.717) is 0 Å². The van der Waals surface area contributed by atoms with Gasteiger partial charge in [-0.2, -0.15) is 0 Å². The highest BCUT2D eigenvalue weighted by molar-refractivity contribution is 6.20. The molecule has 0 fully saturated rings. The van der Waals surface area contributed by atoms with Crippen molar-refractivity contribution in [3.8, 4) is 5.69 Å². The molecule has 0 spiro atoms. The lowest BCUT2D eigenvalue weighted by atomic mass is 10.0. The van der Waals surface area contributed by atoms with Gasteiger partial charge in [-0.3, -0.25) is 0 Å². The van der Waals surface area contributed by atoms with Crippen LogP contribution >= 0.6 is 0 Å². The maximum atomic E-state index is 6.45. The Morgan fingerprint density at radius 1 is 0.419 bits per heavy atom. The van der Waals surface area contributed by atoms with Crippen LogP contribution in [0.1, 0.15) is 0 Å². The smallest absolute Gasteiger partial charge is 0.143 e. The van der Waals surface area contributed by atoms with Crippen LogP contribution in [0, 0.1) is 0 Å². The Morgan fingerprint density at radius 3 is 1.86 bits per heavy atom. The second-order valence-electron chi connectivity index (χ2n) is 11.0. The molecule has 202 valence electrons. The zero-order valence-corrected chi connectivity index (χ0v) is 23.3. The molecule has 0 saturated carbocycles. The van der Waals surface area contributed by atoms with Gasteiger partial charge >= 0.3 is 0 Å². The van der Waals surface area contributed by atoms with Gasteiger partial charge in [0.1, 0.15) is 11.2 Å². The summed E-state index contributed by atoms with van der Waals surface area (Å²) in [6, 6.07) is 56.0. The number of nitrogens with zero attached hydrogens (tertiary/aromatic N) is 2. The summed E-state index contributed by atoms with van der Waals surface area (Å²) >= 11 is 0. The van der Waals surface area contributed by atoms with Crippen molar-refractivity contribution in [3.63, 3.8) is 0 Å². The number of para-hydroxylation sites is 4. The van der Waals surface area contributed by atoms with Crippen LogP contribution in [-0.4, -0.2) is 4.57 Å². The molecule has 0 aliphatic carbocycles. The highest BCUT2D eigenvalue weighted by Gasteiger charge is 2.21. The van der Waals surface area contributed by atoms with E-state index in [4.69, 9.17) is 4.42 Å². The first-order valence-corrected chi connectivity index (χ1v) is 14.6. The van der Waals surface area contributed by atoms with Gasteiger partial charge in [0.15, 0.2) is 0 Å². The van der Waals surface area contributed by atoms with Crippen LogP contribution in [0.3, 0.4) is 0 Å². The molecular weight excluding hydrogens is 524 g/mol. The summed E-state index contributed by atoms with van der Waals surface area (Å²) in [6.45, 7) is 0. The Balaban J connectivity index is 1.38. The van der Waals surface area contributed by atoms with Gasteiger partial charge in [-0.15, -0.1) is 0 Å². The molecular formula is C40H26N2O. The van der Waals surface area contributed by atoms with Crippen LogP contribution in [0.5, 0.6) is 0 Å². The third kappa shape index (κ3) is 3.62. The van der Waals surface area contributed by atoms with Gasteiger partial charge < -0.3 is 13.9 Å². The minimum absolute atomic E-state index is 0.903. The minimum atomic E-state index is 0.903. The summed E-state index contributed by atoms with van der Waals surface area (Å²) in [5, 5.41) is 6.96. The van der Waals surface area contributed by atoms with Gasteiger partial charge in [0.25, 0.3) is 0 Å². The third-order valence-corrected chi connectivity index (χ3v) is 8.55. The van der Waals surface area contributed by atoms with E-state index in [0.717, 1.165) is 55.5 Å². The molecule has 9 rings (SSSR count). The van der Waals surface area contributed by atoms with E-state index in [1.54, 1.807) is 0 Å². The monoisotopic (exact) mass is 550 g/mol. The minimum Gasteiger partial charge on any atom is -0.455 e. The first kappa shape index (κ1) is 23.9. The topological polar surface area (TPSA) is 21.3 Å².